The summed E-state index contributed by atoms with van der Waals surface area (Å²) in [6, 6.07) is 17.6. The lowest BCUT2D eigenvalue weighted by atomic mass is 10.2. The molecule has 0 aliphatic carbocycles. The van der Waals surface area contributed by atoms with Crippen LogP contribution < -0.4 is 11.0 Å². The van der Waals surface area contributed by atoms with E-state index in [1.165, 1.54) is 10.5 Å². The number of carbonyl (C=O) groups excluding carboxylic acids is 1. The fraction of sp³-hybridized carbons (Fsp3) is 0.208. The van der Waals surface area contributed by atoms with Gasteiger partial charge in [-0.05, 0) is 36.8 Å². The monoisotopic (exact) mass is 411 g/mol. The molecule has 0 saturated carbocycles. The Bertz CT molecular complexity index is 1440. The van der Waals surface area contributed by atoms with Gasteiger partial charge in [-0.1, -0.05) is 44.0 Å². The van der Waals surface area contributed by atoms with Crippen LogP contribution in [-0.4, -0.2) is 19.9 Å². The molecule has 4 aromatic rings. The maximum Gasteiger partial charge on any atom is 0.278 e. The quantitative estimate of drug-likeness (QED) is 0.371. The lowest BCUT2D eigenvalue weighted by Crippen LogP contribution is -2.29. The van der Waals surface area contributed by atoms with Gasteiger partial charge in [-0.3, -0.25) is 14.0 Å². The number of aryl methyl sites for hydroxylation is 1. The lowest BCUT2D eigenvalue weighted by molar-refractivity contribution is 0.0997. The number of fused-ring (bicyclic) bond motifs is 2. The number of amides is 1. The van der Waals surface area contributed by atoms with Gasteiger partial charge in [-0.15, -0.1) is 0 Å². The first-order valence-corrected chi connectivity index (χ1v) is 10.2. The average molecular weight is 411 g/mol. The van der Waals surface area contributed by atoms with Crippen molar-refractivity contribution in [3.63, 3.8) is 0 Å². The Labute approximate surface area is 178 Å². The fourth-order valence-electron chi connectivity index (χ4n) is 3.55. The van der Waals surface area contributed by atoms with Crippen LogP contribution in [0.25, 0.3) is 16.7 Å². The molecule has 1 amide bonds. The van der Waals surface area contributed by atoms with E-state index >= 15 is 0 Å². The Kier molecular flexibility index (Phi) is 5.72. The Balaban J connectivity index is 2.06. The van der Waals surface area contributed by atoms with Crippen molar-refractivity contribution in [2.45, 2.75) is 32.7 Å². The Morgan fingerprint density at radius 3 is 2.65 bits per heavy atom. The van der Waals surface area contributed by atoms with Gasteiger partial charge in [0.25, 0.3) is 11.5 Å². The van der Waals surface area contributed by atoms with Crippen LogP contribution in [0.15, 0.2) is 70.6 Å². The van der Waals surface area contributed by atoms with Crippen molar-refractivity contribution in [2.24, 2.45) is 4.99 Å². The van der Waals surface area contributed by atoms with Gasteiger partial charge in [0, 0.05) is 18.3 Å². The number of nitrogens with zero attached hydrogens (tertiary/aromatic N) is 5. The summed E-state index contributed by atoms with van der Waals surface area (Å²) in [7, 11) is 0. The van der Waals surface area contributed by atoms with E-state index in [2.05, 4.69) is 23.0 Å². The van der Waals surface area contributed by atoms with Gasteiger partial charge in [0.05, 0.1) is 10.9 Å². The molecule has 0 radical (unpaired) electrons. The highest BCUT2D eigenvalue weighted by Gasteiger charge is 2.15. The van der Waals surface area contributed by atoms with Crippen LogP contribution in [0.4, 0.5) is 0 Å². The van der Waals surface area contributed by atoms with Crippen LogP contribution in [0.3, 0.4) is 0 Å². The van der Waals surface area contributed by atoms with Gasteiger partial charge in [-0.25, -0.2) is 4.98 Å². The standard InChI is InChI=1S/C24H21N5O2/c1-2-3-8-14-29-21(27-23(30)17-10-5-4-6-11-17)18(16-25)15-19-22(29)26-20-12-7-9-13-28(20)24(19)31/h4-7,9-13,15H,2-3,8,14H2,1H3. The van der Waals surface area contributed by atoms with Crippen molar-refractivity contribution < 1.29 is 4.79 Å². The highest BCUT2D eigenvalue weighted by molar-refractivity contribution is 5.95. The highest BCUT2D eigenvalue weighted by atomic mass is 16.1. The minimum atomic E-state index is -0.446. The molecule has 7 heteroatoms. The van der Waals surface area contributed by atoms with E-state index in [9.17, 15) is 14.9 Å². The van der Waals surface area contributed by atoms with Gasteiger partial charge in [0.2, 0.25) is 0 Å². The van der Waals surface area contributed by atoms with Crippen molar-refractivity contribution >= 4 is 22.6 Å². The largest absolute Gasteiger partial charge is 0.309 e. The molecule has 0 bridgehead atoms. The molecule has 0 saturated heterocycles. The molecule has 7 nitrogen and oxygen atoms in total. The first-order chi connectivity index (χ1) is 15.1. The van der Waals surface area contributed by atoms with Crippen LogP contribution in [0.1, 0.15) is 42.1 Å². The molecule has 154 valence electrons. The second-order valence-corrected chi connectivity index (χ2v) is 7.22. The van der Waals surface area contributed by atoms with E-state index in [0.717, 1.165) is 19.3 Å². The molecule has 3 aromatic heterocycles. The van der Waals surface area contributed by atoms with Crippen molar-refractivity contribution in [3.8, 4) is 6.07 Å². The molecule has 0 fully saturated rings. The summed E-state index contributed by atoms with van der Waals surface area (Å²) in [6.45, 7) is 2.59. The summed E-state index contributed by atoms with van der Waals surface area (Å²) in [5, 5.41) is 10.1. The predicted octanol–water partition coefficient (Wildman–Crippen LogP) is 3.45. The number of aromatic nitrogens is 3. The number of hydrogen-bond acceptors (Lipinski definition) is 4. The van der Waals surface area contributed by atoms with Crippen molar-refractivity contribution in [1.29, 1.82) is 5.26 Å². The van der Waals surface area contributed by atoms with Gasteiger partial charge < -0.3 is 4.57 Å². The first kappa shape index (κ1) is 20.2. The third-order valence-electron chi connectivity index (χ3n) is 5.12. The van der Waals surface area contributed by atoms with Crippen LogP contribution >= 0.6 is 0 Å². The summed E-state index contributed by atoms with van der Waals surface area (Å²) in [5.41, 5.74) is 1.48. The molecule has 0 atom stereocenters. The molecule has 0 unspecified atom stereocenters. The Morgan fingerprint density at radius 1 is 1.13 bits per heavy atom. The number of unbranched alkanes of at least 4 members (excludes halogenated alkanes) is 2. The van der Waals surface area contributed by atoms with Crippen molar-refractivity contribution in [1.82, 2.24) is 14.0 Å². The summed E-state index contributed by atoms with van der Waals surface area (Å²) in [6.07, 6.45) is 4.42. The van der Waals surface area contributed by atoms with Gasteiger partial charge >= 0.3 is 0 Å². The summed E-state index contributed by atoms with van der Waals surface area (Å²) in [5.74, 6) is -0.446. The highest BCUT2D eigenvalue weighted by Crippen LogP contribution is 2.12. The molecule has 0 spiro atoms. The maximum absolute atomic E-state index is 13.1. The smallest absolute Gasteiger partial charge is 0.278 e. The van der Waals surface area contributed by atoms with E-state index in [4.69, 9.17) is 0 Å². The number of rotatable bonds is 5. The zero-order valence-corrected chi connectivity index (χ0v) is 17.2. The van der Waals surface area contributed by atoms with E-state index in [-0.39, 0.29) is 16.6 Å². The Hall–Kier alpha value is -4.05. The van der Waals surface area contributed by atoms with Crippen molar-refractivity contribution in [2.75, 3.05) is 0 Å². The van der Waals surface area contributed by atoms with E-state index in [1.54, 1.807) is 47.2 Å². The first-order valence-electron chi connectivity index (χ1n) is 10.2. The number of pyridine rings is 2. The second kappa shape index (κ2) is 8.76. The van der Waals surface area contributed by atoms with Gasteiger partial charge in [-0.2, -0.15) is 10.3 Å². The average Bonchev–Trinajstić information content (AvgIpc) is 2.81. The number of hydrogen-bond donors (Lipinski definition) is 0. The molecule has 4 rings (SSSR count). The van der Waals surface area contributed by atoms with E-state index < -0.39 is 5.91 Å². The number of benzene rings is 1. The van der Waals surface area contributed by atoms with Gasteiger partial charge in [0.15, 0.2) is 5.49 Å². The zero-order chi connectivity index (χ0) is 21.8. The predicted molar refractivity (Wildman–Crippen MR) is 118 cm³/mol. The molecule has 0 N–H and O–H groups in total. The summed E-state index contributed by atoms with van der Waals surface area (Å²) >= 11 is 0. The minimum absolute atomic E-state index is 0.170. The lowest BCUT2D eigenvalue weighted by Gasteiger charge is -2.13. The topological polar surface area (TPSA) is 92.5 Å². The normalized spacial score (nSPS) is 11.7. The summed E-state index contributed by atoms with van der Waals surface area (Å²) < 4.78 is 3.19. The molecule has 31 heavy (non-hydrogen) atoms. The van der Waals surface area contributed by atoms with Crippen LogP contribution in [0.2, 0.25) is 0 Å². The molecular formula is C24H21N5O2. The Morgan fingerprint density at radius 2 is 1.90 bits per heavy atom. The van der Waals surface area contributed by atoms with E-state index in [1.807, 2.05) is 12.1 Å². The molecule has 0 aliphatic rings. The fourth-order valence-corrected chi connectivity index (χ4v) is 3.55. The zero-order valence-electron chi connectivity index (χ0n) is 17.2. The number of carbonyl (C=O) groups is 1. The van der Waals surface area contributed by atoms with Crippen LogP contribution in [0, 0.1) is 11.3 Å². The van der Waals surface area contributed by atoms with Crippen LogP contribution in [0.5, 0.6) is 0 Å². The van der Waals surface area contributed by atoms with Crippen molar-refractivity contribution in [3.05, 3.63) is 87.8 Å². The maximum atomic E-state index is 13.1. The van der Waals surface area contributed by atoms with E-state index in [0.29, 0.717) is 28.8 Å². The molecule has 3 heterocycles. The molecule has 1 aromatic carbocycles. The molecule has 0 aliphatic heterocycles. The van der Waals surface area contributed by atoms with Gasteiger partial charge in [0.1, 0.15) is 17.4 Å². The third-order valence-corrected chi connectivity index (χ3v) is 5.12. The minimum Gasteiger partial charge on any atom is -0.309 e. The molecular weight excluding hydrogens is 390 g/mol. The van der Waals surface area contributed by atoms with Crippen LogP contribution in [-0.2, 0) is 6.54 Å². The number of nitriles is 1. The summed E-state index contributed by atoms with van der Waals surface area (Å²) in [4.78, 5) is 34.9. The SMILES string of the molecule is CCCCCn1c(=NC(=O)c2ccccc2)c(C#N)cc2c(=O)n3ccccc3nc21. The third kappa shape index (κ3) is 3.88. The second-order valence-electron chi connectivity index (χ2n) is 7.22.